The normalized spacial score (nSPS) is 21.9. The van der Waals surface area contributed by atoms with E-state index in [1.54, 1.807) is 6.07 Å². The van der Waals surface area contributed by atoms with Gasteiger partial charge in [0.05, 0.1) is 4.92 Å². The quantitative estimate of drug-likeness (QED) is 0.195. The van der Waals surface area contributed by atoms with Crippen LogP contribution in [0.1, 0.15) is 60.8 Å². The van der Waals surface area contributed by atoms with E-state index in [0.29, 0.717) is 29.6 Å². The van der Waals surface area contributed by atoms with Gasteiger partial charge in [-0.3, -0.25) is 10.1 Å². The number of amides is 1. The molecule has 1 fully saturated rings. The molecule has 1 aliphatic rings. The van der Waals surface area contributed by atoms with Gasteiger partial charge in [0.15, 0.2) is 8.32 Å². The number of carbonyl (C=O) groups is 1. The molecule has 2 rings (SSSR count). The molecule has 1 aromatic heterocycles. The first kappa shape index (κ1) is 27.5. The topological polar surface area (TPSA) is 116 Å². The predicted octanol–water partition coefficient (Wildman–Crippen LogP) is 6.00. The second kappa shape index (κ2) is 10.3. The van der Waals surface area contributed by atoms with E-state index in [9.17, 15) is 14.9 Å². The average Bonchev–Trinajstić information content (AvgIpc) is 2.58. The molecule has 0 aromatic carbocycles. The van der Waals surface area contributed by atoms with E-state index < -0.39 is 24.9 Å². The lowest BCUT2D eigenvalue weighted by Crippen LogP contribution is -2.51. The van der Waals surface area contributed by atoms with E-state index in [4.69, 9.17) is 9.16 Å². The first-order chi connectivity index (χ1) is 15.0. The highest BCUT2D eigenvalue weighted by Gasteiger charge is 2.42. The summed E-state index contributed by atoms with van der Waals surface area (Å²) in [5.74, 6) is 0. The standard InChI is InChI=1S/C22H37BrN4O5Si/c1-21(2,3)31-20(28)26-15-9-14(10-16(11-15)32-33(7,8)22(4,5)6)25-17-12-19(23)24-13-18(17)27(29)30/h12-16H,9-11H2,1-8H3,(H,24,25)(H,26,28). The number of alkyl carbamates (subject to hydrolysis) is 1. The fourth-order valence-electron chi connectivity index (χ4n) is 3.57. The van der Waals surface area contributed by atoms with E-state index >= 15 is 0 Å². The monoisotopic (exact) mass is 544 g/mol. The lowest BCUT2D eigenvalue weighted by molar-refractivity contribution is -0.384. The van der Waals surface area contributed by atoms with Gasteiger partial charge >= 0.3 is 11.8 Å². The van der Waals surface area contributed by atoms with Crippen LogP contribution >= 0.6 is 15.9 Å². The molecule has 0 radical (unpaired) electrons. The molecule has 0 bridgehead atoms. The zero-order valence-corrected chi connectivity index (χ0v) is 23.4. The fraction of sp³-hybridized carbons (Fsp3) is 0.727. The molecule has 1 saturated carbocycles. The van der Waals surface area contributed by atoms with Gasteiger partial charge < -0.3 is 19.8 Å². The van der Waals surface area contributed by atoms with Crippen molar-refractivity contribution in [1.82, 2.24) is 10.3 Å². The SMILES string of the molecule is CC(C)(C)OC(=O)NC1CC(Nc2cc(Br)ncc2[N+](=O)[O-])CC(O[Si](C)(C)C(C)(C)C)C1. The Morgan fingerprint density at radius 1 is 1.18 bits per heavy atom. The number of halogens is 1. The van der Waals surface area contributed by atoms with Crippen molar-refractivity contribution >= 4 is 41.7 Å². The van der Waals surface area contributed by atoms with Crippen LogP contribution in [0.2, 0.25) is 18.1 Å². The van der Waals surface area contributed by atoms with Gasteiger partial charge in [-0.1, -0.05) is 20.8 Å². The Hall–Kier alpha value is -1.72. The summed E-state index contributed by atoms with van der Waals surface area (Å²) in [7, 11) is -2.06. The molecule has 1 amide bonds. The molecule has 9 nitrogen and oxygen atoms in total. The lowest BCUT2D eigenvalue weighted by Gasteiger charge is -2.43. The summed E-state index contributed by atoms with van der Waals surface area (Å²) in [6, 6.07) is 1.28. The van der Waals surface area contributed by atoms with Crippen LogP contribution in [-0.4, -0.2) is 48.1 Å². The molecule has 1 heterocycles. The molecule has 1 aliphatic carbocycles. The van der Waals surface area contributed by atoms with Crippen molar-refractivity contribution in [3.8, 4) is 0 Å². The van der Waals surface area contributed by atoms with Crippen molar-refractivity contribution in [2.24, 2.45) is 0 Å². The third-order valence-corrected chi connectivity index (χ3v) is 11.0. The summed E-state index contributed by atoms with van der Waals surface area (Å²) < 4.78 is 12.6. The lowest BCUT2D eigenvalue weighted by atomic mass is 9.88. The number of rotatable bonds is 6. The fourth-order valence-corrected chi connectivity index (χ4v) is 5.28. The maximum atomic E-state index is 12.4. The Morgan fingerprint density at radius 2 is 1.79 bits per heavy atom. The Kier molecular flexibility index (Phi) is 8.56. The van der Waals surface area contributed by atoms with Crippen LogP contribution in [0.25, 0.3) is 0 Å². The highest BCUT2D eigenvalue weighted by atomic mass is 79.9. The Bertz CT molecular complexity index is 869. The maximum absolute atomic E-state index is 12.4. The number of nitrogens with zero attached hydrogens (tertiary/aromatic N) is 2. The molecular formula is C22H37BrN4O5Si. The third kappa shape index (κ3) is 8.22. The summed E-state index contributed by atoms with van der Waals surface area (Å²) in [5.41, 5.74) is -0.310. The van der Waals surface area contributed by atoms with Crippen molar-refractivity contribution in [3.63, 3.8) is 0 Å². The minimum Gasteiger partial charge on any atom is -0.444 e. The Morgan fingerprint density at radius 3 is 2.33 bits per heavy atom. The molecule has 1 aromatic rings. The molecule has 3 unspecified atom stereocenters. The van der Waals surface area contributed by atoms with Crippen molar-refractivity contribution in [3.05, 3.63) is 27.0 Å². The van der Waals surface area contributed by atoms with E-state index in [1.807, 2.05) is 20.8 Å². The van der Waals surface area contributed by atoms with E-state index in [1.165, 1.54) is 6.20 Å². The number of nitro groups is 1. The summed E-state index contributed by atoms with van der Waals surface area (Å²) in [4.78, 5) is 27.5. The number of carbonyl (C=O) groups excluding carboxylic acids is 1. The van der Waals surface area contributed by atoms with Crippen molar-refractivity contribution in [2.75, 3.05) is 5.32 Å². The summed E-state index contributed by atoms with van der Waals surface area (Å²) in [5, 5.41) is 17.8. The molecule has 186 valence electrons. The molecule has 33 heavy (non-hydrogen) atoms. The molecular weight excluding hydrogens is 508 g/mol. The molecule has 2 N–H and O–H groups in total. The molecule has 0 saturated heterocycles. The minimum absolute atomic E-state index is 0.0379. The largest absolute Gasteiger partial charge is 0.444 e. The number of nitrogens with one attached hydrogen (secondary N) is 2. The number of pyridine rings is 1. The smallest absolute Gasteiger partial charge is 0.407 e. The Labute approximate surface area is 205 Å². The molecule has 3 atom stereocenters. The van der Waals surface area contributed by atoms with Crippen molar-refractivity contribution in [2.45, 2.75) is 103 Å². The van der Waals surface area contributed by atoms with Crippen molar-refractivity contribution < 1.29 is 18.9 Å². The number of hydrogen-bond donors (Lipinski definition) is 2. The van der Waals surface area contributed by atoms with E-state index in [0.717, 1.165) is 0 Å². The van der Waals surface area contributed by atoms with Crippen LogP contribution in [0, 0.1) is 10.1 Å². The summed E-state index contributed by atoms with van der Waals surface area (Å²) in [6.07, 6.45) is 2.59. The van der Waals surface area contributed by atoms with Gasteiger partial charge in [-0.25, -0.2) is 9.78 Å². The number of anilines is 1. The average molecular weight is 546 g/mol. The number of hydrogen-bond acceptors (Lipinski definition) is 7. The number of aromatic nitrogens is 1. The Balaban J connectivity index is 2.25. The van der Waals surface area contributed by atoms with Gasteiger partial charge in [0.1, 0.15) is 22.1 Å². The van der Waals surface area contributed by atoms with E-state index in [-0.39, 0.29) is 28.9 Å². The van der Waals surface area contributed by atoms with Gasteiger partial charge in [0, 0.05) is 24.3 Å². The van der Waals surface area contributed by atoms with Gasteiger partial charge in [-0.05, 0) is 74.1 Å². The van der Waals surface area contributed by atoms with Gasteiger partial charge in [-0.2, -0.15) is 0 Å². The molecule has 11 heteroatoms. The number of ether oxygens (including phenoxy) is 1. The van der Waals surface area contributed by atoms with Crippen LogP contribution in [0.3, 0.4) is 0 Å². The zero-order valence-electron chi connectivity index (χ0n) is 20.8. The highest BCUT2D eigenvalue weighted by molar-refractivity contribution is 9.10. The first-order valence-electron chi connectivity index (χ1n) is 11.2. The highest BCUT2D eigenvalue weighted by Crippen LogP contribution is 2.40. The van der Waals surface area contributed by atoms with Crippen LogP contribution < -0.4 is 10.6 Å². The van der Waals surface area contributed by atoms with Crippen LogP contribution in [0.4, 0.5) is 16.2 Å². The van der Waals surface area contributed by atoms with Gasteiger partial charge in [0.25, 0.3) is 0 Å². The minimum atomic E-state index is -2.06. The van der Waals surface area contributed by atoms with Gasteiger partial charge in [-0.15, -0.1) is 0 Å². The van der Waals surface area contributed by atoms with Crippen LogP contribution in [0.15, 0.2) is 16.9 Å². The van der Waals surface area contributed by atoms with Gasteiger partial charge in [0.2, 0.25) is 0 Å². The second-order valence-corrected chi connectivity index (χ2v) is 16.7. The van der Waals surface area contributed by atoms with Crippen LogP contribution in [-0.2, 0) is 9.16 Å². The summed E-state index contributed by atoms with van der Waals surface area (Å²) >= 11 is 3.29. The summed E-state index contributed by atoms with van der Waals surface area (Å²) in [6.45, 7) is 16.4. The van der Waals surface area contributed by atoms with Crippen LogP contribution in [0.5, 0.6) is 0 Å². The third-order valence-electron chi connectivity index (χ3n) is 6.06. The zero-order chi connectivity index (χ0) is 25.2. The molecule has 0 aliphatic heterocycles. The predicted molar refractivity (Wildman–Crippen MR) is 135 cm³/mol. The molecule has 0 spiro atoms. The second-order valence-electron chi connectivity index (χ2n) is 11.2. The van der Waals surface area contributed by atoms with E-state index in [2.05, 4.69) is 65.4 Å². The maximum Gasteiger partial charge on any atom is 0.407 e. The van der Waals surface area contributed by atoms with Crippen molar-refractivity contribution in [1.29, 1.82) is 0 Å². The first-order valence-corrected chi connectivity index (χ1v) is 14.9.